The maximum absolute atomic E-state index is 2.46. The van der Waals surface area contributed by atoms with Crippen molar-refractivity contribution in [1.29, 1.82) is 0 Å². The van der Waals surface area contributed by atoms with E-state index in [1.807, 2.05) is 0 Å². The molecule has 18 heavy (non-hydrogen) atoms. The van der Waals surface area contributed by atoms with Crippen LogP contribution in [-0.4, -0.2) is 25.0 Å². The Morgan fingerprint density at radius 3 is 2.00 bits per heavy atom. The van der Waals surface area contributed by atoms with Crippen LogP contribution in [0.2, 0.25) is 0 Å². The first kappa shape index (κ1) is 17.7. The van der Waals surface area contributed by atoms with Crippen LogP contribution in [0.5, 0.6) is 0 Å². The van der Waals surface area contributed by atoms with E-state index in [2.05, 4.69) is 65.6 Å². The fourth-order valence-corrected chi connectivity index (χ4v) is 2.15. The molecule has 0 aliphatic rings. The van der Waals surface area contributed by atoms with Crippen molar-refractivity contribution in [3.05, 3.63) is 12.2 Å². The van der Waals surface area contributed by atoms with Crippen molar-refractivity contribution in [2.45, 2.75) is 67.2 Å². The van der Waals surface area contributed by atoms with Crippen molar-refractivity contribution in [3.8, 4) is 0 Å². The summed E-state index contributed by atoms with van der Waals surface area (Å²) in [7, 11) is 2.24. The fraction of sp³-hybridized carbons (Fsp3) is 0.882. The molecule has 0 N–H and O–H groups in total. The predicted octanol–water partition coefficient (Wildman–Crippen LogP) is 5.13. The summed E-state index contributed by atoms with van der Waals surface area (Å²) < 4.78 is 0. The van der Waals surface area contributed by atoms with E-state index in [0.29, 0.717) is 10.8 Å². The van der Waals surface area contributed by atoms with Crippen LogP contribution in [0.15, 0.2) is 12.2 Å². The van der Waals surface area contributed by atoms with E-state index in [9.17, 15) is 0 Å². The maximum Gasteiger partial charge on any atom is 0.00270 e. The second-order valence-corrected chi connectivity index (χ2v) is 7.92. The topological polar surface area (TPSA) is 3.24 Å². The zero-order valence-corrected chi connectivity index (χ0v) is 13.8. The molecule has 0 radical (unpaired) electrons. The molecule has 0 aliphatic carbocycles. The quantitative estimate of drug-likeness (QED) is 0.449. The molecule has 108 valence electrons. The van der Waals surface area contributed by atoms with Crippen LogP contribution in [0.25, 0.3) is 0 Å². The Kier molecular flexibility index (Phi) is 7.86. The van der Waals surface area contributed by atoms with Crippen LogP contribution < -0.4 is 0 Å². The highest BCUT2D eigenvalue weighted by molar-refractivity contribution is 4.91. The minimum atomic E-state index is 0.340. The van der Waals surface area contributed by atoms with E-state index in [4.69, 9.17) is 0 Å². The molecule has 0 atom stereocenters. The Hall–Kier alpha value is -0.300. The van der Waals surface area contributed by atoms with Crippen molar-refractivity contribution < 1.29 is 0 Å². The average Bonchev–Trinajstić information content (AvgIpc) is 2.11. The van der Waals surface area contributed by atoms with E-state index in [-0.39, 0.29) is 0 Å². The van der Waals surface area contributed by atoms with E-state index in [1.165, 1.54) is 38.8 Å². The van der Waals surface area contributed by atoms with Crippen molar-refractivity contribution in [3.63, 3.8) is 0 Å². The Balaban J connectivity index is 3.49. The lowest BCUT2D eigenvalue weighted by atomic mass is 9.95. The minimum Gasteiger partial charge on any atom is -0.306 e. The van der Waals surface area contributed by atoms with Gasteiger partial charge in [0.15, 0.2) is 0 Å². The first-order valence-corrected chi connectivity index (χ1v) is 7.46. The second kappa shape index (κ2) is 7.99. The van der Waals surface area contributed by atoms with Gasteiger partial charge in [-0.1, -0.05) is 60.1 Å². The van der Waals surface area contributed by atoms with E-state index in [1.54, 1.807) is 0 Å². The Bertz CT molecular complexity index is 227. The van der Waals surface area contributed by atoms with Crippen molar-refractivity contribution in [2.24, 2.45) is 10.8 Å². The van der Waals surface area contributed by atoms with Crippen molar-refractivity contribution >= 4 is 0 Å². The molecule has 0 saturated carbocycles. The molecule has 0 heterocycles. The van der Waals surface area contributed by atoms with Gasteiger partial charge in [-0.2, -0.15) is 0 Å². The zero-order chi connectivity index (χ0) is 14.2. The summed E-state index contributed by atoms with van der Waals surface area (Å²) in [5.74, 6) is 0. The largest absolute Gasteiger partial charge is 0.306 e. The van der Waals surface area contributed by atoms with E-state index >= 15 is 0 Å². The van der Waals surface area contributed by atoms with Gasteiger partial charge in [0, 0.05) is 6.54 Å². The molecule has 0 aliphatic heterocycles. The van der Waals surface area contributed by atoms with Crippen LogP contribution in [0.3, 0.4) is 0 Å². The Labute approximate surface area is 116 Å². The number of hydrogen-bond acceptors (Lipinski definition) is 1. The van der Waals surface area contributed by atoms with Crippen LogP contribution in [-0.2, 0) is 0 Å². The smallest absolute Gasteiger partial charge is 0.00270 e. The summed E-state index contributed by atoms with van der Waals surface area (Å²) in [5, 5.41) is 0. The van der Waals surface area contributed by atoms with Gasteiger partial charge in [0.2, 0.25) is 0 Å². The standard InChI is InChI=1S/C17H35N/c1-16(2,3)13-11-9-8-10-12-14-18(7)15-17(4,5)6/h11,13H,8-10,12,14-15H2,1-7H3/b13-11-. The molecule has 1 heteroatoms. The summed E-state index contributed by atoms with van der Waals surface area (Å²) in [6.45, 7) is 16.1. The Morgan fingerprint density at radius 1 is 0.889 bits per heavy atom. The number of nitrogens with zero attached hydrogens (tertiary/aromatic N) is 1. The van der Waals surface area contributed by atoms with Gasteiger partial charge < -0.3 is 4.90 Å². The van der Waals surface area contributed by atoms with Gasteiger partial charge in [-0.25, -0.2) is 0 Å². The highest BCUT2D eigenvalue weighted by Gasteiger charge is 2.12. The van der Waals surface area contributed by atoms with Gasteiger partial charge in [0.05, 0.1) is 0 Å². The number of unbranched alkanes of at least 4 members (excludes halogenated alkanes) is 3. The zero-order valence-electron chi connectivity index (χ0n) is 13.8. The lowest BCUT2D eigenvalue weighted by Gasteiger charge is -2.26. The summed E-state index contributed by atoms with van der Waals surface area (Å²) in [6, 6.07) is 0. The molecule has 0 saturated heterocycles. The van der Waals surface area contributed by atoms with E-state index < -0.39 is 0 Å². The molecule has 0 spiro atoms. The second-order valence-electron chi connectivity index (χ2n) is 7.92. The highest BCUT2D eigenvalue weighted by atomic mass is 15.1. The molecule has 0 aromatic heterocycles. The molecule has 0 bridgehead atoms. The molecular weight excluding hydrogens is 218 g/mol. The fourth-order valence-electron chi connectivity index (χ4n) is 2.15. The summed E-state index contributed by atoms with van der Waals surface area (Å²) in [4.78, 5) is 2.46. The molecule has 0 rings (SSSR count). The first-order valence-electron chi connectivity index (χ1n) is 7.46. The van der Waals surface area contributed by atoms with Crippen molar-refractivity contribution in [2.75, 3.05) is 20.1 Å². The van der Waals surface area contributed by atoms with Crippen LogP contribution in [0.1, 0.15) is 67.2 Å². The summed E-state index contributed by atoms with van der Waals surface area (Å²) >= 11 is 0. The summed E-state index contributed by atoms with van der Waals surface area (Å²) in [6.07, 6.45) is 9.92. The average molecular weight is 253 g/mol. The molecular formula is C17H35N. The maximum atomic E-state index is 2.46. The number of hydrogen-bond donors (Lipinski definition) is 0. The third-order valence-electron chi connectivity index (χ3n) is 2.77. The van der Waals surface area contributed by atoms with Gasteiger partial charge in [-0.3, -0.25) is 0 Å². The highest BCUT2D eigenvalue weighted by Crippen LogP contribution is 2.16. The molecule has 0 unspecified atom stereocenters. The lowest BCUT2D eigenvalue weighted by Crippen LogP contribution is -2.30. The van der Waals surface area contributed by atoms with Gasteiger partial charge in [0.25, 0.3) is 0 Å². The molecule has 0 aromatic carbocycles. The van der Waals surface area contributed by atoms with Crippen LogP contribution in [0, 0.1) is 10.8 Å². The molecule has 0 aromatic rings. The predicted molar refractivity (Wildman–Crippen MR) is 84.0 cm³/mol. The minimum absolute atomic E-state index is 0.340. The van der Waals surface area contributed by atoms with E-state index in [0.717, 1.165) is 0 Å². The van der Waals surface area contributed by atoms with Gasteiger partial charge in [-0.15, -0.1) is 0 Å². The van der Waals surface area contributed by atoms with Gasteiger partial charge in [0.1, 0.15) is 0 Å². The van der Waals surface area contributed by atoms with Crippen molar-refractivity contribution in [1.82, 2.24) is 4.90 Å². The van der Waals surface area contributed by atoms with Crippen LogP contribution >= 0.6 is 0 Å². The molecule has 1 nitrogen and oxygen atoms in total. The van der Waals surface area contributed by atoms with Gasteiger partial charge in [-0.05, 0) is 43.7 Å². The molecule has 0 amide bonds. The monoisotopic (exact) mass is 253 g/mol. The van der Waals surface area contributed by atoms with Gasteiger partial charge >= 0.3 is 0 Å². The normalized spacial score (nSPS) is 13.8. The SMILES string of the molecule is CN(CCCCC/C=C\C(C)(C)C)CC(C)(C)C. The molecule has 0 fully saturated rings. The third kappa shape index (κ3) is 13.8. The Morgan fingerprint density at radius 2 is 1.50 bits per heavy atom. The number of allylic oxidation sites excluding steroid dienone is 2. The first-order chi connectivity index (χ1) is 8.10. The number of rotatable bonds is 7. The summed E-state index contributed by atoms with van der Waals surface area (Å²) in [5.41, 5.74) is 0.761. The lowest BCUT2D eigenvalue weighted by molar-refractivity contribution is 0.223. The van der Waals surface area contributed by atoms with Crippen LogP contribution in [0.4, 0.5) is 0 Å². The third-order valence-corrected chi connectivity index (χ3v) is 2.77.